The number of carbonyl (C=O) groups excluding carboxylic acids is 1. The summed E-state index contributed by atoms with van der Waals surface area (Å²) in [4.78, 5) is 11.8. The van der Waals surface area contributed by atoms with Crippen LogP contribution in [-0.4, -0.2) is 19.0 Å². The minimum Gasteiger partial charge on any atom is -0.486 e. The molecule has 1 aliphatic heterocycles. The van der Waals surface area contributed by atoms with Crippen LogP contribution in [0.15, 0.2) is 18.2 Å². The van der Waals surface area contributed by atoms with Gasteiger partial charge in [-0.15, -0.1) is 5.92 Å². The van der Waals surface area contributed by atoms with E-state index in [-0.39, 0.29) is 12.2 Å². The van der Waals surface area contributed by atoms with Crippen LogP contribution in [0.2, 0.25) is 0 Å². The molecule has 0 unspecified atom stereocenters. The second kappa shape index (κ2) is 4.71. The van der Waals surface area contributed by atoms with Gasteiger partial charge in [-0.05, 0) is 19.1 Å². The van der Waals surface area contributed by atoms with E-state index in [4.69, 9.17) is 9.47 Å². The molecule has 0 bridgehead atoms. The van der Waals surface area contributed by atoms with E-state index in [9.17, 15) is 4.79 Å². The van der Waals surface area contributed by atoms with Crippen molar-refractivity contribution in [2.24, 2.45) is 0 Å². The Kier molecular flexibility index (Phi) is 3.11. The van der Waals surface area contributed by atoms with E-state index in [0.717, 1.165) is 0 Å². The van der Waals surface area contributed by atoms with Crippen LogP contribution in [0.25, 0.3) is 0 Å². The number of benzene rings is 1. The first-order valence-electron chi connectivity index (χ1n) is 5.14. The van der Waals surface area contributed by atoms with E-state index in [0.29, 0.717) is 30.3 Å². The molecule has 3 nitrogen and oxygen atoms in total. The van der Waals surface area contributed by atoms with Gasteiger partial charge in [0.25, 0.3) is 0 Å². The van der Waals surface area contributed by atoms with Crippen molar-refractivity contribution in [3.05, 3.63) is 23.8 Å². The largest absolute Gasteiger partial charge is 0.486 e. The third-order valence-electron chi connectivity index (χ3n) is 2.29. The van der Waals surface area contributed by atoms with Crippen molar-refractivity contribution in [3.8, 4) is 23.3 Å². The molecule has 1 heterocycles. The summed E-state index contributed by atoms with van der Waals surface area (Å²) in [5, 5.41) is 0. The second-order valence-electron chi connectivity index (χ2n) is 3.36. The first-order chi connectivity index (χ1) is 7.83. The fraction of sp³-hybridized carbons (Fsp3) is 0.308. The number of rotatable bonds is 2. The predicted octanol–water partition coefficient (Wildman–Crippen LogP) is 2.05. The maximum Gasteiger partial charge on any atom is 0.178 e. The zero-order valence-corrected chi connectivity index (χ0v) is 9.08. The Bertz CT molecular complexity index is 466. The first kappa shape index (κ1) is 10.6. The monoisotopic (exact) mass is 216 g/mol. The number of para-hydroxylation sites is 1. The molecule has 0 atom stereocenters. The van der Waals surface area contributed by atoms with Gasteiger partial charge in [0.1, 0.15) is 13.2 Å². The second-order valence-corrected chi connectivity index (χ2v) is 3.36. The standard InChI is InChI=1S/C13H12O3/c1-2-3-6-11(14)10-5-4-7-12-13(10)16-9-8-15-12/h4-5,7H,6,8-9H2,1H3. The van der Waals surface area contributed by atoms with E-state index in [1.165, 1.54) is 0 Å². The summed E-state index contributed by atoms with van der Waals surface area (Å²) >= 11 is 0. The highest BCUT2D eigenvalue weighted by Gasteiger charge is 2.19. The fourth-order valence-electron chi connectivity index (χ4n) is 1.56. The lowest BCUT2D eigenvalue weighted by Gasteiger charge is -2.20. The average Bonchev–Trinajstić information content (AvgIpc) is 2.35. The highest BCUT2D eigenvalue weighted by molar-refractivity contribution is 6.00. The zero-order chi connectivity index (χ0) is 11.4. The van der Waals surface area contributed by atoms with Crippen molar-refractivity contribution in [1.82, 2.24) is 0 Å². The molecule has 2 rings (SSSR count). The molecular weight excluding hydrogens is 204 g/mol. The maximum absolute atomic E-state index is 11.8. The van der Waals surface area contributed by atoms with E-state index >= 15 is 0 Å². The molecule has 16 heavy (non-hydrogen) atoms. The number of ketones is 1. The molecule has 0 N–H and O–H groups in total. The van der Waals surface area contributed by atoms with Gasteiger partial charge in [0, 0.05) is 0 Å². The van der Waals surface area contributed by atoms with Gasteiger partial charge in [0.05, 0.1) is 12.0 Å². The van der Waals surface area contributed by atoms with E-state index in [1.807, 2.05) is 0 Å². The molecule has 0 aliphatic carbocycles. The summed E-state index contributed by atoms with van der Waals surface area (Å²) in [6, 6.07) is 5.34. The Morgan fingerprint density at radius 1 is 1.38 bits per heavy atom. The Hall–Kier alpha value is -1.95. The Morgan fingerprint density at radius 2 is 2.19 bits per heavy atom. The van der Waals surface area contributed by atoms with Crippen molar-refractivity contribution >= 4 is 5.78 Å². The summed E-state index contributed by atoms with van der Waals surface area (Å²) in [6.07, 6.45) is 0.219. The molecule has 0 radical (unpaired) electrons. The normalized spacial score (nSPS) is 12.6. The number of hydrogen-bond donors (Lipinski definition) is 0. The molecule has 0 saturated carbocycles. The van der Waals surface area contributed by atoms with Crippen LogP contribution < -0.4 is 9.47 Å². The molecule has 0 amide bonds. The first-order valence-corrected chi connectivity index (χ1v) is 5.14. The highest BCUT2D eigenvalue weighted by atomic mass is 16.6. The SMILES string of the molecule is CC#CCC(=O)c1cccc2c1OCCO2. The number of fused-ring (bicyclic) bond motifs is 1. The third kappa shape index (κ3) is 2.01. The van der Waals surface area contributed by atoms with Gasteiger partial charge < -0.3 is 9.47 Å². The molecular formula is C13H12O3. The zero-order valence-electron chi connectivity index (χ0n) is 9.08. The summed E-state index contributed by atoms with van der Waals surface area (Å²) in [5.74, 6) is 6.62. The molecule has 82 valence electrons. The maximum atomic E-state index is 11.8. The van der Waals surface area contributed by atoms with Crippen molar-refractivity contribution in [3.63, 3.8) is 0 Å². The molecule has 0 saturated heterocycles. The van der Waals surface area contributed by atoms with Crippen LogP contribution >= 0.6 is 0 Å². The van der Waals surface area contributed by atoms with E-state index < -0.39 is 0 Å². The Morgan fingerprint density at radius 3 is 3.00 bits per heavy atom. The van der Waals surface area contributed by atoms with Crippen LogP contribution in [0.3, 0.4) is 0 Å². The van der Waals surface area contributed by atoms with Crippen LogP contribution in [0.4, 0.5) is 0 Å². The van der Waals surface area contributed by atoms with Gasteiger partial charge in [-0.3, -0.25) is 4.79 Å². The molecule has 1 aliphatic rings. The van der Waals surface area contributed by atoms with Crippen LogP contribution in [0.1, 0.15) is 23.7 Å². The summed E-state index contributed by atoms with van der Waals surface area (Å²) in [5.41, 5.74) is 0.556. The smallest absolute Gasteiger partial charge is 0.178 e. The quantitative estimate of drug-likeness (QED) is 0.560. The van der Waals surface area contributed by atoms with Crippen molar-refractivity contribution < 1.29 is 14.3 Å². The number of Topliss-reactive ketones (excluding diaryl/α,β-unsaturated/α-hetero) is 1. The van der Waals surface area contributed by atoms with E-state index in [2.05, 4.69) is 11.8 Å². The van der Waals surface area contributed by atoms with Crippen LogP contribution in [0.5, 0.6) is 11.5 Å². The Balaban J connectivity index is 2.32. The van der Waals surface area contributed by atoms with Gasteiger partial charge >= 0.3 is 0 Å². The van der Waals surface area contributed by atoms with Crippen LogP contribution in [0, 0.1) is 11.8 Å². The molecule has 0 fully saturated rings. The minimum atomic E-state index is -0.0308. The minimum absolute atomic E-state index is 0.0308. The van der Waals surface area contributed by atoms with Gasteiger partial charge in [-0.2, -0.15) is 0 Å². The molecule has 0 spiro atoms. The lowest BCUT2D eigenvalue weighted by molar-refractivity contribution is 0.0987. The molecule has 1 aromatic rings. The van der Waals surface area contributed by atoms with E-state index in [1.54, 1.807) is 25.1 Å². The van der Waals surface area contributed by atoms with Crippen molar-refractivity contribution in [2.45, 2.75) is 13.3 Å². The van der Waals surface area contributed by atoms with Gasteiger partial charge in [-0.1, -0.05) is 12.0 Å². The third-order valence-corrected chi connectivity index (χ3v) is 2.29. The summed E-state index contributed by atoms with van der Waals surface area (Å²) in [6.45, 7) is 2.73. The molecule has 0 aromatic heterocycles. The highest BCUT2D eigenvalue weighted by Crippen LogP contribution is 2.34. The van der Waals surface area contributed by atoms with Crippen molar-refractivity contribution in [1.29, 1.82) is 0 Å². The summed E-state index contributed by atoms with van der Waals surface area (Å²) < 4.78 is 10.9. The summed E-state index contributed by atoms with van der Waals surface area (Å²) in [7, 11) is 0. The number of carbonyl (C=O) groups is 1. The van der Waals surface area contributed by atoms with Gasteiger partial charge in [-0.25, -0.2) is 0 Å². The predicted molar refractivity (Wildman–Crippen MR) is 59.8 cm³/mol. The van der Waals surface area contributed by atoms with Gasteiger partial charge in [0.15, 0.2) is 17.3 Å². The van der Waals surface area contributed by atoms with Gasteiger partial charge in [0.2, 0.25) is 0 Å². The fourth-order valence-corrected chi connectivity index (χ4v) is 1.56. The average molecular weight is 216 g/mol. The Labute approximate surface area is 94.4 Å². The topological polar surface area (TPSA) is 35.5 Å². The lowest BCUT2D eigenvalue weighted by atomic mass is 10.1. The molecule has 3 heteroatoms. The number of hydrogen-bond acceptors (Lipinski definition) is 3. The van der Waals surface area contributed by atoms with Crippen LogP contribution in [-0.2, 0) is 0 Å². The lowest BCUT2D eigenvalue weighted by Crippen LogP contribution is -2.17. The van der Waals surface area contributed by atoms with Crippen molar-refractivity contribution in [2.75, 3.05) is 13.2 Å². The number of ether oxygens (including phenoxy) is 2. The molecule has 1 aromatic carbocycles.